The Hall–Kier alpha value is -4.89. The minimum Gasteiger partial charge on any atom is -0.477 e. The SMILES string of the molecule is CC(=O)N(c1ccccc1)c1[nH]n2c(nc3ccccc32)c1N=Nc1c(C(=O)O)cnn1CCS(=O)(=O)O. The number of rotatable bonds is 8. The number of aryl methyl sites for hydroxylation is 1. The Morgan fingerprint density at radius 2 is 1.79 bits per heavy atom. The van der Waals surface area contributed by atoms with Crippen LogP contribution in [0.4, 0.5) is 23.0 Å². The van der Waals surface area contributed by atoms with E-state index in [9.17, 15) is 23.1 Å². The second-order valence-corrected chi connectivity index (χ2v) is 9.73. The van der Waals surface area contributed by atoms with Gasteiger partial charge in [-0.1, -0.05) is 30.3 Å². The minimum atomic E-state index is -4.35. The molecule has 0 spiro atoms. The zero-order valence-electron chi connectivity index (χ0n) is 19.8. The first-order valence-electron chi connectivity index (χ1n) is 11.1. The number of aromatic nitrogens is 5. The summed E-state index contributed by atoms with van der Waals surface area (Å²) < 4.78 is 34.2. The number of azo groups is 1. The van der Waals surface area contributed by atoms with Gasteiger partial charge in [-0.05, 0) is 24.3 Å². The summed E-state index contributed by atoms with van der Waals surface area (Å²) in [5, 5.41) is 25.0. The number of hydrogen-bond donors (Lipinski definition) is 3. The molecular formula is C23H20N8O6S. The fourth-order valence-electron chi connectivity index (χ4n) is 3.95. The van der Waals surface area contributed by atoms with Crippen molar-refractivity contribution in [3.05, 3.63) is 66.4 Å². The van der Waals surface area contributed by atoms with Gasteiger partial charge >= 0.3 is 5.97 Å². The standard InChI is InChI=1S/C23H20N8O6S/c1-14(32)30(15-7-3-2-4-8-15)22-19(21-25-17-9-5-6-10-18(17)31(21)28-22)26-27-20-16(23(33)34)13-24-29(20)11-12-38(35,36)37/h2-10,13,28H,11-12H2,1H3,(H,33,34)(H,35,36,37). The summed E-state index contributed by atoms with van der Waals surface area (Å²) in [7, 11) is -4.35. The fourth-order valence-corrected chi connectivity index (χ4v) is 4.36. The monoisotopic (exact) mass is 536 g/mol. The van der Waals surface area contributed by atoms with Gasteiger partial charge in [-0.25, -0.2) is 19.0 Å². The summed E-state index contributed by atoms with van der Waals surface area (Å²) >= 11 is 0. The Bertz CT molecular complexity index is 1820. The van der Waals surface area contributed by atoms with Crippen LogP contribution in [0, 0.1) is 0 Å². The van der Waals surface area contributed by atoms with Gasteiger partial charge in [-0.3, -0.25) is 19.3 Å². The Kier molecular flexibility index (Phi) is 6.22. The molecule has 3 aromatic heterocycles. The van der Waals surface area contributed by atoms with Crippen molar-refractivity contribution in [2.45, 2.75) is 13.5 Å². The maximum atomic E-state index is 12.8. The van der Waals surface area contributed by atoms with Gasteiger partial charge in [-0.15, -0.1) is 10.2 Å². The van der Waals surface area contributed by atoms with Crippen molar-refractivity contribution in [2.75, 3.05) is 10.7 Å². The van der Waals surface area contributed by atoms with E-state index in [0.29, 0.717) is 22.4 Å². The number of anilines is 2. The predicted octanol–water partition coefficient (Wildman–Crippen LogP) is 3.70. The third-order valence-electron chi connectivity index (χ3n) is 5.62. The van der Waals surface area contributed by atoms with Crippen LogP contribution >= 0.6 is 0 Å². The van der Waals surface area contributed by atoms with Gasteiger partial charge in [0.05, 0.1) is 35.2 Å². The van der Waals surface area contributed by atoms with Crippen LogP contribution in [0.5, 0.6) is 0 Å². The number of hydrogen-bond acceptors (Lipinski definition) is 8. The molecule has 3 N–H and O–H groups in total. The fraction of sp³-hybridized carbons (Fsp3) is 0.130. The van der Waals surface area contributed by atoms with E-state index in [1.807, 2.05) is 18.2 Å². The van der Waals surface area contributed by atoms with Crippen LogP contribution in [0.15, 0.2) is 71.0 Å². The molecule has 194 valence electrons. The number of para-hydroxylation sites is 3. The van der Waals surface area contributed by atoms with E-state index in [-0.39, 0.29) is 35.3 Å². The minimum absolute atomic E-state index is 0.124. The highest BCUT2D eigenvalue weighted by Gasteiger charge is 2.26. The smallest absolute Gasteiger partial charge is 0.341 e. The number of carbonyl (C=O) groups is 2. The first-order valence-corrected chi connectivity index (χ1v) is 12.8. The van der Waals surface area contributed by atoms with E-state index in [4.69, 9.17) is 4.55 Å². The number of H-pyrrole nitrogens is 1. The molecule has 0 fully saturated rings. The molecular weight excluding hydrogens is 516 g/mol. The quantitative estimate of drug-likeness (QED) is 0.198. The van der Waals surface area contributed by atoms with Gasteiger partial charge < -0.3 is 5.11 Å². The molecule has 38 heavy (non-hydrogen) atoms. The molecule has 15 heteroatoms. The zero-order chi connectivity index (χ0) is 27.0. The Morgan fingerprint density at radius 1 is 1.08 bits per heavy atom. The molecule has 0 aliphatic rings. The number of amides is 1. The maximum Gasteiger partial charge on any atom is 0.341 e. The maximum absolute atomic E-state index is 12.8. The molecule has 0 atom stereocenters. The van der Waals surface area contributed by atoms with E-state index >= 15 is 0 Å². The molecule has 0 aliphatic carbocycles. The Balaban J connectivity index is 1.71. The molecule has 2 aromatic carbocycles. The van der Waals surface area contributed by atoms with Gasteiger partial charge in [0, 0.05) is 6.92 Å². The molecule has 0 saturated carbocycles. The summed E-state index contributed by atoms with van der Waals surface area (Å²) in [5.41, 5.74) is 1.98. The highest BCUT2D eigenvalue weighted by Crippen LogP contribution is 2.39. The molecule has 0 bridgehead atoms. The lowest BCUT2D eigenvalue weighted by Crippen LogP contribution is -2.23. The molecule has 1 amide bonds. The van der Waals surface area contributed by atoms with Crippen molar-refractivity contribution in [1.82, 2.24) is 24.4 Å². The van der Waals surface area contributed by atoms with Crippen LogP contribution in [-0.4, -0.2) is 60.1 Å². The second-order valence-electron chi connectivity index (χ2n) is 8.15. The van der Waals surface area contributed by atoms with Gasteiger partial charge in [0.25, 0.3) is 10.1 Å². The molecule has 5 aromatic rings. The van der Waals surface area contributed by atoms with Crippen molar-refractivity contribution in [3.8, 4) is 0 Å². The number of imidazole rings is 1. The largest absolute Gasteiger partial charge is 0.477 e. The molecule has 0 aliphatic heterocycles. The van der Waals surface area contributed by atoms with Crippen LogP contribution in [-0.2, 0) is 21.5 Å². The average Bonchev–Trinajstić information content (AvgIpc) is 3.54. The number of aromatic carboxylic acids is 1. The molecule has 3 heterocycles. The number of nitrogens with one attached hydrogen (secondary N) is 1. The summed E-state index contributed by atoms with van der Waals surface area (Å²) in [6.45, 7) is 1.01. The number of carbonyl (C=O) groups excluding carboxylic acids is 1. The summed E-state index contributed by atoms with van der Waals surface area (Å²) in [5.74, 6) is -2.45. The van der Waals surface area contributed by atoms with Crippen molar-refractivity contribution in [3.63, 3.8) is 0 Å². The normalized spacial score (nSPS) is 12.1. The van der Waals surface area contributed by atoms with E-state index in [1.165, 1.54) is 11.8 Å². The number of aromatic amines is 1. The summed E-state index contributed by atoms with van der Waals surface area (Å²) in [4.78, 5) is 30.6. The molecule has 5 rings (SSSR count). The average molecular weight is 537 g/mol. The lowest BCUT2D eigenvalue weighted by atomic mass is 10.2. The van der Waals surface area contributed by atoms with Crippen molar-refractivity contribution in [1.29, 1.82) is 0 Å². The van der Waals surface area contributed by atoms with Crippen molar-refractivity contribution >= 4 is 61.7 Å². The molecule has 0 radical (unpaired) electrons. The lowest BCUT2D eigenvalue weighted by Gasteiger charge is -2.19. The van der Waals surface area contributed by atoms with E-state index in [2.05, 4.69) is 25.4 Å². The topological polar surface area (TPSA) is 188 Å². The third-order valence-corrected chi connectivity index (χ3v) is 6.31. The number of carboxylic acid groups (broad SMARTS) is 1. The predicted molar refractivity (Wildman–Crippen MR) is 136 cm³/mol. The van der Waals surface area contributed by atoms with E-state index in [0.717, 1.165) is 10.9 Å². The van der Waals surface area contributed by atoms with Crippen LogP contribution in [0.1, 0.15) is 17.3 Å². The highest BCUT2D eigenvalue weighted by atomic mass is 32.2. The second kappa shape index (κ2) is 9.53. The summed E-state index contributed by atoms with van der Waals surface area (Å²) in [6.07, 6.45) is 1.00. The number of nitrogens with zero attached hydrogens (tertiary/aromatic N) is 7. The Morgan fingerprint density at radius 3 is 2.47 bits per heavy atom. The van der Waals surface area contributed by atoms with Gasteiger partial charge in [0.1, 0.15) is 5.56 Å². The first kappa shape index (κ1) is 24.8. The first-order chi connectivity index (χ1) is 18.1. The van der Waals surface area contributed by atoms with Crippen molar-refractivity contribution in [2.24, 2.45) is 10.2 Å². The summed E-state index contributed by atoms with van der Waals surface area (Å²) in [6, 6.07) is 16.1. The van der Waals surface area contributed by atoms with Gasteiger partial charge in [0.15, 0.2) is 23.0 Å². The van der Waals surface area contributed by atoms with Gasteiger partial charge in [-0.2, -0.15) is 13.5 Å². The lowest BCUT2D eigenvalue weighted by molar-refractivity contribution is -0.115. The highest BCUT2D eigenvalue weighted by molar-refractivity contribution is 7.85. The molecule has 0 saturated heterocycles. The Labute approximate surface area is 214 Å². The van der Waals surface area contributed by atoms with E-state index < -0.39 is 21.8 Å². The number of benzene rings is 2. The van der Waals surface area contributed by atoms with Gasteiger partial charge in [0.2, 0.25) is 5.91 Å². The van der Waals surface area contributed by atoms with Crippen LogP contribution in [0.3, 0.4) is 0 Å². The number of carboxylic acids is 1. The van der Waals surface area contributed by atoms with Crippen LogP contribution < -0.4 is 4.90 Å². The van der Waals surface area contributed by atoms with Crippen LogP contribution in [0.25, 0.3) is 16.7 Å². The van der Waals surface area contributed by atoms with Crippen LogP contribution in [0.2, 0.25) is 0 Å². The number of fused-ring (bicyclic) bond motifs is 3. The van der Waals surface area contributed by atoms with Crippen molar-refractivity contribution < 1.29 is 27.7 Å². The zero-order valence-corrected chi connectivity index (χ0v) is 20.6. The molecule has 0 unspecified atom stereocenters. The molecule has 14 nitrogen and oxygen atoms in total. The van der Waals surface area contributed by atoms with E-state index in [1.54, 1.807) is 40.9 Å². The third kappa shape index (κ3) is 4.62.